The lowest BCUT2D eigenvalue weighted by Crippen LogP contribution is -2.05. The van der Waals surface area contributed by atoms with Crippen LogP contribution in [0.3, 0.4) is 0 Å². The molecule has 2 rings (SSSR count). The van der Waals surface area contributed by atoms with Gasteiger partial charge in [0.2, 0.25) is 0 Å². The molecule has 0 saturated heterocycles. The molecule has 0 bridgehead atoms. The minimum absolute atomic E-state index is 0.292. The second-order valence-corrected chi connectivity index (χ2v) is 3.87. The molecule has 0 spiro atoms. The number of rotatable bonds is 4. The number of carbonyl (C=O) groups is 1. The molecule has 0 aliphatic heterocycles. The summed E-state index contributed by atoms with van der Waals surface area (Å²) in [6.45, 7) is 1.32. The van der Waals surface area contributed by atoms with Gasteiger partial charge in [-0.1, -0.05) is 0 Å². The average molecular weight is 274 g/mol. The van der Waals surface area contributed by atoms with Crippen molar-refractivity contribution in [2.45, 2.75) is 6.92 Å². The highest BCUT2D eigenvalue weighted by atomic mass is 16.5. The fourth-order valence-electron chi connectivity index (χ4n) is 1.73. The lowest BCUT2D eigenvalue weighted by molar-refractivity contribution is -0.131. The lowest BCUT2D eigenvalue weighted by Gasteiger charge is -2.14. The molecule has 1 aromatic heterocycles. The summed E-state index contributed by atoms with van der Waals surface area (Å²) in [5, 5.41) is 0. The third-order valence-electron chi connectivity index (χ3n) is 2.54. The molecule has 0 N–H and O–H groups in total. The molecule has 0 saturated carbocycles. The van der Waals surface area contributed by atoms with Crippen molar-refractivity contribution in [2.75, 3.05) is 14.2 Å². The van der Waals surface area contributed by atoms with Gasteiger partial charge in [0.05, 0.1) is 14.2 Å². The maximum atomic E-state index is 11.3. The zero-order valence-corrected chi connectivity index (χ0v) is 11.4. The molecule has 1 heterocycles. The summed E-state index contributed by atoms with van der Waals surface area (Å²) in [7, 11) is 3.03. The predicted molar refractivity (Wildman–Crippen MR) is 71.9 cm³/mol. The Morgan fingerprint density at radius 3 is 2.25 bits per heavy atom. The number of benzene rings is 1. The van der Waals surface area contributed by atoms with E-state index in [2.05, 4.69) is 9.97 Å². The number of esters is 1. The Kier molecular flexibility index (Phi) is 4.14. The molecule has 1 aromatic carbocycles. The molecule has 0 atom stereocenters. The fraction of sp³-hybridized carbons (Fsp3) is 0.214. The summed E-state index contributed by atoms with van der Waals surface area (Å²) in [6.07, 6.45) is 3.20. The second-order valence-electron chi connectivity index (χ2n) is 3.87. The van der Waals surface area contributed by atoms with Crippen molar-refractivity contribution >= 4 is 5.97 Å². The van der Waals surface area contributed by atoms with Gasteiger partial charge in [-0.15, -0.1) is 0 Å². The minimum Gasteiger partial charge on any atom is -0.496 e. The summed E-state index contributed by atoms with van der Waals surface area (Å²) >= 11 is 0. The topological polar surface area (TPSA) is 70.5 Å². The van der Waals surface area contributed by atoms with Crippen molar-refractivity contribution < 1.29 is 19.0 Å². The van der Waals surface area contributed by atoms with Crippen molar-refractivity contribution in [3.63, 3.8) is 0 Å². The summed E-state index contributed by atoms with van der Waals surface area (Å²) in [5.41, 5.74) is 0.504. The summed E-state index contributed by atoms with van der Waals surface area (Å²) in [6, 6.07) is 4.97. The zero-order chi connectivity index (χ0) is 14.5. The third kappa shape index (κ3) is 2.85. The van der Waals surface area contributed by atoms with E-state index in [0.717, 1.165) is 0 Å². The van der Waals surface area contributed by atoms with E-state index >= 15 is 0 Å². The number of carbonyl (C=O) groups excluding carboxylic acids is 1. The van der Waals surface area contributed by atoms with Gasteiger partial charge in [-0.2, -0.15) is 0 Å². The highest BCUT2D eigenvalue weighted by Crippen LogP contribution is 2.40. The van der Waals surface area contributed by atoms with E-state index < -0.39 is 5.97 Å². The third-order valence-corrected chi connectivity index (χ3v) is 2.54. The number of methoxy groups -OCH3 is 2. The van der Waals surface area contributed by atoms with Crippen LogP contribution >= 0.6 is 0 Å². The van der Waals surface area contributed by atoms with Crippen LogP contribution in [0.25, 0.3) is 11.4 Å². The molecule has 6 nitrogen and oxygen atoms in total. The quantitative estimate of drug-likeness (QED) is 0.628. The maximum Gasteiger partial charge on any atom is 0.308 e. The largest absolute Gasteiger partial charge is 0.496 e. The summed E-state index contributed by atoms with van der Waals surface area (Å²) < 4.78 is 15.7. The van der Waals surface area contributed by atoms with Gasteiger partial charge < -0.3 is 14.2 Å². The van der Waals surface area contributed by atoms with Gasteiger partial charge in [-0.25, -0.2) is 9.97 Å². The van der Waals surface area contributed by atoms with Crippen molar-refractivity contribution in [3.8, 4) is 28.6 Å². The molecule has 104 valence electrons. The minimum atomic E-state index is -0.447. The number of aromatic nitrogens is 2. The first-order valence-corrected chi connectivity index (χ1v) is 5.87. The van der Waals surface area contributed by atoms with Crippen LogP contribution < -0.4 is 14.2 Å². The van der Waals surface area contributed by atoms with Gasteiger partial charge in [0, 0.05) is 31.5 Å². The molecule has 0 aliphatic carbocycles. The standard InChI is InChI=1S/C14H14N2O4/c1-9(17)20-12-8-10(18-2)7-11(19-3)13(12)14-15-5-4-6-16-14/h4-8H,1-3H3. The second kappa shape index (κ2) is 6.01. The number of nitrogens with zero attached hydrogens (tertiary/aromatic N) is 2. The van der Waals surface area contributed by atoms with E-state index in [1.807, 2.05) is 0 Å². The maximum absolute atomic E-state index is 11.3. The average Bonchev–Trinajstić information content (AvgIpc) is 2.46. The Labute approximate surface area is 116 Å². The molecule has 0 unspecified atom stereocenters. The highest BCUT2D eigenvalue weighted by Gasteiger charge is 2.19. The van der Waals surface area contributed by atoms with Gasteiger partial charge in [-0.05, 0) is 6.07 Å². The van der Waals surface area contributed by atoms with E-state index in [-0.39, 0.29) is 0 Å². The van der Waals surface area contributed by atoms with Gasteiger partial charge in [0.25, 0.3) is 0 Å². The Morgan fingerprint density at radius 1 is 1.05 bits per heavy atom. The molecule has 0 fully saturated rings. The molecule has 0 aliphatic rings. The van der Waals surface area contributed by atoms with Gasteiger partial charge >= 0.3 is 5.97 Å². The van der Waals surface area contributed by atoms with Crippen molar-refractivity contribution in [1.82, 2.24) is 9.97 Å². The SMILES string of the molecule is COc1cc(OC)c(-c2ncccn2)c(OC(C)=O)c1. The van der Waals surface area contributed by atoms with Crippen LogP contribution in [-0.2, 0) is 4.79 Å². The Bertz CT molecular complexity index is 614. The molecule has 6 heteroatoms. The summed E-state index contributed by atoms with van der Waals surface area (Å²) in [5.74, 6) is 1.23. The lowest BCUT2D eigenvalue weighted by atomic mass is 10.1. The van der Waals surface area contributed by atoms with E-state index in [1.54, 1.807) is 30.6 Å². The van der Waals surface area contributed by atoms with Crippen molar-refractivity contribution in [3.05, 3.63) is 30.6 Å². The van der Waals surface area contributed by atoms with Crippen LogP contribution in [0.15, 0.2) is 30.6 Å². The molecule has 2 aromatic rings. The highest BCUT2D eigenvalue weighted by molar-refractivity contribution is 5.78. The Morgan fingerprint density at radius 2 is 1.70 bits per heavy atom. The van der Waals surface area contributed by atoms with Crippen LogP contribution in [0, 0.1) is 0 Å². The van der Waals surface area contributed by atoms with Crippen LogP contribution in [0.5, 0.6) is 17.2 Å². The van der Waals surface area contributed by atoms with Crippen LogP contribution in [0.4, 0.5) is 0 Å². The first-order valence-electron chi connectivity index (χ1n) is 5.87. The molecule has 0 amide bonds. The van der Waals surface area contributed by atoms with E-state index in [1.165, 1.54) is 21.1 Å². The van der Waals surface area contributed by atoms with Crippen LogP contribution in [0.2, 0.25) is 0 Å². The van der Waals surface area contributed by atoms with E-state index in [9.17, 15) is 4.79 Å². The monoisotopic (exact) mass is 274 g/mol. The zero-order valence-electron chi connectivity index (χ0n) is 11.4. The number of hydrogen-bond acceptors (Lipinski definition) is 6. The van der Waals surface area contributed by atoms with Gasteiger partial charge in [0.15, 0.2) is 5.82 Å². The van der Waals surface area contributed by atoms with Crippen molar-refractivity contribution in [2.24, 2.45) is 0 Å². The van der Waals surface area contributed by atoms with E-state index in [0.29, 0.717) is 28.6 Å². The normalized spacial score (nSPS) is 9.95. The summed E-state index contributed by atoms with van der Waals surface area (Å²) in [4.78, 5) is 19.6. The van der Waals surface area contributed by atoms with Crippen molar-refractivity contribution in [1.29, 1.82) is 0 Å². The van der Waals surface area contributed by atoms with Gasteiger partial charge in [-0.3, -0.25) is 4.79 Å². The molecular weight excluding hydrogens is 260 g/mol. The Balaban J connectivity index is 2.65. The molecule has 20 heavy (non-hydrogen) atoms. The number of hydrogen-bond donors (Lipinski definition) is 0. The molecular formula is C14H14N2O4. The smallest absolute Gasteiger partial charge is 0.308 e. The Hall–Kier alpha value is -2.63. The first-order chi connectivity index (χ1) is 9.65. The fourth-order valence-corrected chi connectivity index (χ4v) is 1.73. The molecule has 0 radical (unpaired) electrons. The van der Waals surface area contributed by atoms with Crippen LogP contribution in [0.1, 0.15) is 6.92 Å². The number of ether oxygens (including phenoxy) is 3. The van der Waals surface area contributed by atoms with Crippen LogP contribution in [-0.4, -0.2) is 30.2 Å². The first kappa shape index (κ1) is 13.8. The van der Waals surface area contributed by atoms with Gasteiger partial charge in [0.1, 0.15) is 22.8 Å². The van der Waals surface area contributed by atoms with E-state index in [4.69, 9.17) is 14.2 Å². The predicted octanol–water partition coefficient (Wildman–Crippen LogP) is 2.09.